The molecule has 2 aliphatic rings. The molecule has 0 aliphatic carbocycles. The van der Waals surface area contributed by atoms with Crippen LogP contribution in [-0.4, -0.2) is 51.0 Å². The van der Waals surface area contributed by atoms with Crippen molar-refractivity contribution in [3.8, 4) is 5.75 Å². The van der Waals surface area contributed by atoms with E-state index in [4.69, 9.17) is 4.74 Å². The highest BCUT2D eigenvalue weighted by molar-refractivity contribution is 7.89. The van der Waals surface area contributed by atoms with Crippen molar-refractivity contribution in [1.29, 1.82) is 0 Å². The maximum absolute atomic E-state index is 13.3. The largest absolute Gasteiger partial charge is 0.484 e. The van der Waals surface area contributed by atoms with Gasteiger partial charge in [0.2, 0.25) is 15.9 Å². The number of aryl methyl sites for hydroxylation is 1. The molecule has 4 rings (SSSR count). The molecule has 0 saturated carbocycles. The van der Waals surface area contributed by atoms with E-state index in [0.717, 1.165) is 0 Å². The van der Waals surface area contributed by atoms with Crippen molar-refractivity contribution in [2.75, 3.05) is 31.1 Å². The minimum atomic E-state index is -4.42. The van der Waals surface area contributed by atoms with Crippen molar-refractivity contribution >= 4 is 21.6 Å². The molecule has 1 spiro atoms. The van der Waals surface area contributed by atoms with E-state index in [1.165, 1.54) is 16.4 Å². The van der Waals surface area contributed by atoms with Gasteiger partial charge in [0, 0.05) is 25.3 Å². The lowest BCUT2D eigenvalue weighted by Crippen LogP contribution is -2.46. The number of rotatable bonds is 5. The third kappa shape index (κ3) is 4.72. The van der Waals surface area contributed by atoms with E-state index in [9.17, 15) is 26.4 Å². The number of nitrogens with zero attached hydrogens (tertiary/aromatic N) is 2. The Morgan fingerprint density at radius 2 is 1.58 bits per heavy atom. The van der Waals surface area contributed by atoms with Crippen LogP contribution in [0.1, 0.15) is 24.8 Å². The number of alkyl halides is 3. The topological polar surface area (TPSA) is 66.9 Å². The lowest BCUT2D eigenvalue weighted by molar-refractivity contribution is -0.153. The van der Waals surface area contributed by atoms with Gasteiger partial charge >= 0.3 is 6.18 Å². The summed E-state index contributed by atoms with van der Waals surface area (Å²) in [5.74, 6) is 0.00607. The number of carbonyl (C=O) groups is 1. The van der Waals surface area contributed by atoms with Crippen LogP contribution in [0, 0.1) is 12.3 Å². The fraction of sp³-hybridized carbons (Fsp3) is 0.435. The molecule has 0 aromatic heterocycles. The highest BCUT2D eigenvalue weighted by atomic mass is 32.2. The third-order valence-electron chi connectivity index (χ3n) is 6.45. The molecule has 6 nitrogen and oxygen atoms in total. The number of amides is 1. The zero-order valence-corrected chi connectivity index (χ0v) is 19.0. The summed E-state index contributed by atoms with van der Waals surface area (Å²) in [6.07, 6.45) is -2.95. The van der Waals surface area contributed by atoms with Gasteiger partial charge in [-0.05, 0) is 62.1 Å². The van der Waals surface area contributed by atoms with Crippen LogP contribution in [0.5, 0.6) is 5.75 Å². The lowest BCUT2D eigenvalue weighted by atomic mass is 9.77. The Bertz CT molecular complexity index is 1130. The van der Waals surface area contributed by atoms with Crippen molar-refractivity contribution in [3.63, 3.8) is 0 Å². The number of sulfonamides is 1. The highest BCUT2D eigenvalue weighted by Gasteiger charge is 2.50. The molecule has 2 saturated heterocycles. The van der Waals surface area contributed by atoms with Crippen LogP contribution in [0.4, 0.5) is 18.9 Å². The first-order chi connectivity index (χ1) is 15.5. The number of anilines is 1. The predicted molar refractivity (Wildman–Crippen MR) is 117 cm³/mol. The fourth-order valence-electron chi connectivity index (χ4n) is 4.56. The average molecular weight is 483 g/mol. The Morgan fingerprint density at radius 1 is 0.970 bits per heavy atom. The van der Waals surface area contributed by atoms with Crippen LogP contribution in [0.25, 0.3) is 0 Å². The fourth-order valence-corrected chi connectivity index (χ4v) is 6.22. The molecular weight excluding hydrogens is 457 g/mol. The zero-order valence-electron chi connectivity index (χ0n) is 18.1. The molecule has 178 valence electrons. The third-order valence-corrected chi connectivity index (χ3v) is 8.51. The Hall–Kier alpha value is -2.59. The van der Waals surface area contributed by atoms with Crippen LogP contribution >= 0.6 is 0 Å². The highest BCUT2D eigenvalue weighted by Crippen LogP contribution is 2.44. The van der Waals surface area contributed by atoms with Gasteiger partial charge < -0.3 is 9.64 Å². The molecule has 0 bridgehead atoms. The van der Waals surface area contributed by atoms with Crippen molar-refractivity contribution in [1.82, 2.24) is 4.31 Å². The maximum atomic E-state index is 13.3. The number of benzene rings is 2. The Labute approximate surface area is 191 Å². The van der Waals surface area contributed by atoms with Crippen LogP contribution < -0.4 is 9.64 Å². The van der Waals surface area contributed by atoms with Crippen molar-refractivity contribution < 1.29 is 31.1 Å². The first-order valence-corrected chi connectivity index (χ1v) is 12.1. The van der Waals surface area contributed by atoms with Gasteiger partial charge in [0.05, 0.1) is 10.3 Å². The molecule has 33 heavy (non-hydrogen) atoms. The van der Waals surface area contributed by atoms with Gasteiger partial charge in [0.15, 0.2) is 6.61 Å². The number of ether oxygens (including phenoxy) is 1. The van der Waals surface area contributed by atoms with Crippen LogP contribution in [-0.2, 0) is 14.8 Å². The minimum Gasteiger partial charge on any atom is -0.484 e. The SMILES string of the molecule is Cc1ccccc1S(=O)(=O)N1CCC2(CCN(c3ccc(OCC(F)(F)F)cc3)C2=O)CC1. The number of halogens is 3. The van der Waals surface area contributed by atoms with E-state index in [-0.39, 0.29) is 29.6 Å². The number of hydrogen-bond acceptors (Lipinski definition) is 4. The van der Waals surface area contributed by atoms with Gasteiger partial charge in [0.25, 0.3) is 0 Å². The molecule has 2 aromatic carbocycles. The molecule has 10 heteroatoms. The Kier molecular flexibility index (Phi) is 6.17. The summed E-state index contributed by atoms with van der Waals surface area (Å²) < 4.78 is 69.3. The average Bonchev–Trinajstić information content (AvgIpc) is 3.08. The Morgan fingerprint density at radius 3 is 2.18 bits per heavy atom. The van der Waals surface area contributed by atoms with Gasteiger partial charge in [-0.25, -0.2) is 8.42 Å². The molecule has 1 amide bonds. The molecule has 2 aromatic rings. The maximum Gasteiger partial charge on any atom is 0.422 e. The number of piperidine rings is 1. The molecule has 0 N–H and O–H groups in total. The zero-order chi connectivity index (χ0) is 23.9. The minimum absolute atomic E-state index is 0.0700. The quantitative estimate of drug-likeness (QED) is 0.643. The van der Waals surface area contributed by atoms with E-state index in [0.29, 0.717) is 37.1 Å². The van der Waals surface area contributed by atoms with Crippen molar-refractivity contribution in [2.24, 2.45) is 5.41 Å². The second-order valence-corrected chi connectivity index (χ2v) is 10.5. The van der Waals surface area contributed by atoms with Gasteiger partial charge in [-0.2, -0.15) is 17.5 Å². The molecule has 2 fully saturated rings. The molecular formula is C23H25F3N2O4S. The summed E-state index contributed by atoms with van der Waals surface area (Å²) >= 11 is 0. The summed E-state index contributed by atoms with van der Waals surface area (Å²) in [4.78, 5) is 15.2. The predicted octanol–water partition coefficient (Wildman–Crippen LogP) is 4.14. The Balaban J connectivity index is 1.42. The first kappa shape index (κ1) is 23.6. The summed E-state index contributed by atoms with van der Waals surface area (Å²) in [6.45, 7) is 1.39. The summed E-state index contributed by atoms with van der Waals surface area (Å²) in [5.41, 5.74) is 0.651. The standard InChI is InChI=1S/C23H25F3N2O4S/c1-17-4-2-3-5-20(17)33(30,31)27-13-10-22(11-14-27)12-15-28(21(22)29)18-6-8-19(9-7-18)32-16-23(24,25)26/h2-9H,10-16H2,1H3. The summed E-state index contributed by atoms with van der Waals surface area (Å²) in [5, 5.41) is 0. The number of hydrogen-bond donors (Lipinski definition) is 0. The molecule has 0 atom stereocenters. The monoisotopic (exact) mass is 482 g/mol. The van der Waals surface area contributed by atoms with E-state index < -0.39 is 28.2 Å². The van der Waals surface area contributed by atoms with Crippen LogP contribution in [0.15, 0.2) is 53.4 Å². The smallest absolute Gasteiger partial charge is 0.422 e. The van der Waals surface area contributed by atoms with Gasteiger partial charge in [-0.1, -0.05) is 18.2 Å². The van der Waals surface area contributed by atoms with Gasteiger partial charge in [-0.15, -0.1) is 0 Å². The lowest BCUT2D eigenvalue weighted by Gasteiger charge is -2.37. The first-order valence-electron chi connectivity index (χ1n) is 10.7. The molecule has 0 unspecified atom stereocenters. The van der Waals surface area contributed by atoms with E-state index in [1.54, 1.807) is 48.2 Å². The van der Waals surface area contributed by atoms with Gasteiger partial charge in [0.1, 0.15) is 5.75 Å². The van der Waals surface area contributed by atoms with Gasteiger partial charge in [-0.3, -0.25) is 4.79 Å². The van der Waals surface area contributed by atoms with Crippen LogP contribution in [0.2, 0.25) is 0 Å². The van der Waals surface area contributed by atoms with Crippen molar-refractivity contribution in [3.05, 3.63) is 54.1 Å². The molecule has 0 radical (unpaired) electrons. The second kappa shape index (κ2) is 8.64. The number of carbonyl (C=O) groups excluding carboxylic acids is 1. The molecule has 2 aliphatic heterocycles. The van der Waals surface area contributed by atoms with Crippen LogP contribution in [0.3, 0.4) is 0 Å². The van der Waals surface area contributed by atoms with E-state index in [1.807, 2.05) is 0 Å². The van der Waals surface area contributed by atoms with E-state index >= 15 is 0 Å². The van der Waals surface area contributed by atoms with E-state index in [2.05, 4.69) is 0 Å². The molecule has 2 heterocycles. The van der Waals surface area contributed by atoms with Crippen molar-refractivity contribution in [2.45, 2.75) is 37.3 Å². The summed E-state index contributed by atoms with van der Waals surface area (Å²) in [6, 6.07) is 12.8. The second-order valence-electron chi connectivity index (χ2n) is 8.55. The normalized spacial score (nSPS) is 19.3. The summed E-state index contributed by atoms with van der Waals surface area (Å²) in [7, 11) is -3.63.